The van der Waals surface area contributed by atoms with Crippen molar-refractivity contribution in [3.05, 3.63) is 0 Å². The summed E-state index contributed by atoms with van der Waals surface area (Å²) < 4.78 is 0. The van der Waals surface area contributed by atoms with E-state index in [0.717, 1.165) is 42.4 Å². The Morgan fingerprint density at radius 3 is 2.50 bits per heavy atom. The van der Waals surface area contributed by atoms with E-state index in [0.29, 0.717) is 16.6 Å². The maximum atomic E-state index is 12.2. The molecule has 1 heteroatoms. The van der Waals surface area contributed by atoms with Crippen LogP contribution in [0.3, 0.4) is 0 Å². The van der Waals surface area contributed by atoms with E-state index in [9.17, 15) is 4.79 Å². The summed E-state index contributed by atoms with van der Waals surface area (Å²) in [6.07, 6.45) is 13.0. The second-order valence-corrected chi connectivity index (χ2v) is 9.64. The zero-order valence-corrected chi connectivity index (χ0v) is 14.9. The molecule has 0 N–H and O–H groups in total. The van der Waals surface area contributed by atoms with E-state index < -0.39 is 0 Å². The Morgan fingerprint density at radius 1 is 0.955 bits per heavy atom. The first-order valence-electron chi connectivity index (χ1n) is 10.0. The predicted octanol–water partition coefficient (Wildman–Crippen LogP) is 5.62. The molecule has 1 nitrogen and oxygen atoms in total. The third-order valence-electron chi connectivity index (χ3n) is 9.10. The molecule has 1 unspecified atom stereocenters. The Kier molecular flexibility index (Phi) is 3.51. The first kappa shape index (κ1) is 15.2. The fourth-order valence-corrected chi connectivity index (χ4v) is 7.91. The molecule has 22 heavy (non-hydrogen) atoms. The lowest BCUT2D eigenvalue weighted by atomic mass is 9.44. The van der Waals surface area contributed by atoms with E-state index in [-0.39, 0.29) is 0 Å². The first-order chi connectivity index (χ1) is 10.5. The summed E-state index contributed by atoms with van der Waals surface area (Å²) in [4.78, 5) is 12.2. The van der Waals surface area contributed by atoms with Crippen molar-refractivity contribution in [2.75, 3.05) is 0 Å². The lowest BCUT2D eigenvalue weighted by Gasteiger charge is -2.60. The summed E-state index contributed by atoms with van der Waals surface area (Å²) in [5.74, 6) is 5.12. The molecule has 4 saturated carbocycles. The third kappa shape index (κ3) is 1.93. The number of carbonyl (C=O) groups excluding carboxylic acids is 1. The zero-order chi connectivity index (χ0) is 15.5. The summed E-state index contributed by atoms with van der Waals surface area (Å²) in [5, 5.41) is 0. The maximum Gasteiger partial charge on any atom is 0.133 e. The van der Waals surface area contributed by atoms with Crippen LogP contribution in [0.25, 0.3) is 0 Å². The number of fused-ring (bicyclic) bond motifs is 5. The third-order valence-corrected chi connectivity index (χ3v) is 9.10. The molecule has 4 fully saturated rings. The number of carbonyl (C=O) groups is 1. The highest BCUT2D eigenvalue weighted by Crippen LogP contribution is 2.67. The largest absolute Gasteiger partial charge is 0.300 e. The minimum Gasteiger partial charge on any atom is -0.300 e. The van der Waals surface area contributed by atoms with Gasteiger partial charge in [0.15, 0.2) is 0 Å². The highest BCUT2D eigenvalue weighted by atomic mass is 16.1. The average molecular weight is 303 g/mol. The molecule has 0 aromatic carbocycles. The summed E-state index contributed by atoms with van der Waals surface area (Å²) in [7, 11) is 0. The van der Waals surface area contributed by atoms with Gasteiger partial charge in [0.2, 0.25) is 0 Å². The zero-order valence-electron chi connectivity index (χ0n) is 14.9. The summed E-state index contributed by atoms with van der Waals surface area (Å²) >= 11 is 0. The smallest absolute Gasteiger partial charge is 0.133 e. The van der Waals surface area contributed by atoms with Crippen molar-refractivity contribution >= 4 is 5.78 Å². The van der Waals surface area contributed by atoms with E-state index in [1.807, 2.05) is 0 Å². The number of hydrogen-bond acceptors (Lipinski definition) is 1. The maximum absolute atomic E-state index is 12.2. The molecule has 0 spiro atoms. The van der Waals surface area contributed by atoms with E-state index in [1.54, 1.807) is 0 Å². The van der Waals surface area contributed by atoms with Gasteiger partial charge in [0.05, 0.1) is 0 Å². The number of hydrogen-bond donors (Lipinski definition) is 0. The van der Waals surface area contributed by atoms with Crippen LogP contribution in [-0.4, -0.2) is 5.78 Å². The van der Waals surface area contributed by atoms with Crippen LogP contribution in [0.1, 0.15) is 85.0 Å². The lowest BCUT2D eigenvalue weighted by Crippen LogP contribution is -2.53. The minimum absolute atomic E-state index is 0.351. The van der Waals surface area contributed by atoms with Crippen molar-refractivity contribution in [1.82, 2.24) is 0 Å². The molecule has 0 amide bonds. The molecule has 4 aliphatic rings. The fourth-order valence-electron chi connectivity index (χ4n) is 7.91. The highest BCUT2D eigenvalue weighted by molar-refractivity contribution is 5.80. The van der Waals surface area contributed by atoms with Crippen molar-refractivity contribution in [2.45, 2.75) is 85.0 Å². The van der Waals surface area contributed by atoms with Gasteiger partial charge in [-0.25, -0.2) is 0 Å². The Balaban J connectivity index is 1.64. The van der Waals surface area contributed by atoms with Crippen molar-refractivity contribution in [3.8, 4) is 0 Å². The van der Waals surface area contributed by atoms with E-state index in [2.05, 4.69) is 20.8 Å². The molecule has 0 saturated heterocycles. The quantitative estimate of drug-likeness (QED) is 0.614. The average Bonchev–Trinajstić information content (AvgIpc) is 2.82. The van der Waals surface area contributed by atoms with Gasteiger partial charge in [-0.05, 0) is 85.4 Å². The molecule has 0 bridgehead atoms. The molecule has 0 aromatic heterocycles. The van der Waals surface area contributed by atoms with Crippen LogP contribution in [0.2, 0.25) is 0 Å². The lowest BCUT2D eigenvalue weighted by molar-refractivity contribution is -0.141. The molecular weight excluding hydrogens is 268 g/mol. The Bertz CT molecular complexity index is 469. The van der Waals surface area contributed by atoms with E-state index in [4.69, 9.17) is 0 Å². The van der Waals surface area contributed by atoms with Gasteiger partial charge in [-0.15, -0.1) is 0 Å². The van der Waals surface area contributed by atoms with Crippen molar-refractivity contribution in [2.24, 2.45) is 40.4 Å². The van der Waals surface area contributed by atoms with Gasteiger partial charge < -0.3 is 0 Å². The monoisotopic (exact) mass is 302 g/mol. The topological polar surface area (TPSA) is 17.1 Å². The van der Waals surface area contributed by atoms with Crippen LogP contribution in [0.4, 0.5) is 0 Å². The second kappa shape index (κ2) is 5.08. The summed E-state index contributed by atoms with van der Waals surface area (Å²) in [5.41, 5.74) is 0.974. The molecule has 0 aromatic rings. The van der Waals surface area contributed by atoms with Crippen LogP contribution in [0.15, 0.2) is 0 Å². The van der Waals surface area contributed by atoms with Crippen LogP contribution in [-0.2, 0) is 4.79 Å². The van der Waals surface area contributed by atoms with E-state index >= 15 is 0 Å². The van der Waals surface area contributed by atoms with Crippen molar-refractivity contribution in [3.63, 3.8) is 0 Å². The van der Waals surface area contributed by atoms with E-state index in [1.165, 1.54) is 51.4 Å². The van der Waals surface area contributed by atoms with Gasteiger partial charge in [-0.3, -0.25) is 4.79 Å². The van der Waals surface area contributed by atoms with Gasteiger partial charge >= 0.3 is 0 Å². The molecule has 4 rings (SSSR count). The molecular formula is C21H34O. The Labute approximate surface area is 136 Å². The minimum atomic E-state index is 0.351. The van der Waals surface area contributed by atoms with Crippen LogP contribution in [0, 0.1) is 40.4 Å². The second-order valence-electron chi connectivity index (χ2n) is 9.64. The number of Topliss-reactive ketones (excluding diaryl/α,β-unsaturated/α-hetero) is 1. The van der Waals surface area contributed by atoms with Crippen LogP contribution < -0.4 is 0 Å². The van der Waals surface area contributed by atoms with Gasteiger partial charge in [0.1, 0.15) is 5.78 Å². The predicted molar refractivity (Wildman–Crippen MR) is 90.5 cm³/mol. The molecule has 0 aliphatic heterocycles. The fraction of sp³-hybridized carbons (Fsp3) is 0.952. The molecule has 7 atom stereocenters. The molecule has 0 heterocycles. The van der Waals surface area contributed by atoms with Crippen LogP contribution >= 0.6 is 0 Å². The molecule has 0 radical (unpaired) electrons. The summed E-state index contributed by atoms with van der Waals surface area (Å²) in [6.45, 7) is 7.53. The molecule has 4 aliphatic carbocycles. The van der Waals surface area contributed by atoms with Gasteiger partial charge in [-0.2, -0.15) is 0 Å². The van der Waals surface area contributed by atoms with Crippen molar-refractivity contribution < 1.29 is 4.79 Å². The number of rotatable bonds is 1. The first-order valence-corrected chi connectivity index (χ1v) is 10.0. The van der Waals surface area contributed by atoms with Gasteiger partial charge in [-0.1, -0.05) is 27.2 Å². The van der Waals surface area contributed by atoms with Gasteiger partial charge in [0, 0.05) is 12.8 Å². The summed E-state index contributed by atoms with van der Waals surface area (Å²) in [6, 6.07) is 0. The Morgan fingerprint density at radius 2 is 1.73 bits per heavy atom. The van der Waals surface area contributed by atoms with Gasteiger partial charge in [0.25, 0.3) is 0 Å². The SMILES string of the molecule is CC[C@H]1CC[C@H]2[C@@H]3CCC4CCC(=O)C[C@]4(C)[C@H]3CC[C@]12C. The normalized spacial score (nSPS) is 54.5. The highest BCUT2D eigenvalue weighted by Gasteiger charge is 2.59. The Hall–Kier alpha value is -0.330. The van der Waals surface area contributed by atoms with Crippen LogP contribution in [0.5, 0.6) is 0 Å². The standard InChI is InChI=1S/C21H34O/c1-4-14-7-10-18-17-9-6-15-5-8-16(22)13-21(15,3)19(17)11-12-20(14,18)2/h14-15,17-19H,4-13H2,1-3H3/t14-,15?,17-,18-,19-,20+,21-/m0/s1. The van der Waals surface area contributed by atoms with Crippen molar-refractivity contribution in [1.29, 1.82) is 0 Å². The number of ketones is 1. The molecule has 124 valence electrons.